The molecule has 0 aliphatic carbocycles. The van der Waals surface area contributed by atoms with Crippen molar-refractivity contribution in [1.82, 2.24) is 5.32 Å². The third kappa shape index (κ3) is 2.94. The topological polar surface area (TPSA) is 61.8 Å². The first kappa shape index (κ1) is 13.6. The molecule has 1 aromatic carbocycles. The lowest BCUT2D eigenvalue weighted by atomic mass is 10.3. The maximum atomic E-state index is 11.8. The number of nitrogens with zero attached hydrogens (tertiary/aromatic N) is 2. The number of carbonyl (C=O) groups is 2. The van der Waals surface area contributed by atoms with Gasteiger partial charge in [0.15, 0.2) is 0 Å². The number of anilines is 1. The summed E-state index contributed by atoms with van der Waals surface area (Å²) in [6.45, 7) is 3.32. The first-order valence-corrected chi connectivity index (χ1v) is 6.06. The van der Waals surface area contributed by atoms with E-state index < -0.39 is 5.91 Å². The predicted octanol–water partition coefficient (Wildman–Crippen LogP) is 2.35. The van der Waals surface area contributed by atoms with Gasteiger partial charge in [-0.25, -0.2) is 0 Å². The van der Waals surface area contributed by atoms with Gasteiger partial charge in [0.1, 0.15) is 5.84 Å². The lowest BCUT2D eigenvalue weighted by Gasteiger charge is -2.11. The molecule has 0 saturated heterocycles. The number of amidine groups is 1. The van der Waals surface area contributed by atoms with Crippen molar-refractivity contribution >= 4 is 46.5 Å². The van der Waals surface area contributed by atoms with Gasteiger partial charge < -0.3 is 5.32 Å². The van der Waals surface area contributed by atoms with Gasteiger partial charge in [-0.05, 0) is 24.3 Å². The summed E-state index contributed by atoms with van der Waals surface area (Å²) in [6, 6.07) is 4.72. The molecule has 1 N–H and O–H groups in total. The number of rotatable bonds is 2. The number of halogens is 2. The fourth-order valence-corrected chi connectivity index (χ4v) is 1.80. The molecular weight excluding hydrogens is 289 g/mol. The highest BCUT2D eigenvalue weighted by Gasteiger charge is 2.26. The standard InChI is InChI=1S/C12H9Cl2N3O2/c1-2-11(18)15-10-6-12(19)17(16-10)7-3-4-8(13)9(14)5-7/h2-5H,1,6H2,(H,15,16,18). The van der Waals surface area contributed by atoms with Gasteiger partial charge in [0, 0.05) is 0 Å². The molecule has 2 amide bonds. The van der Waals surface area contributed by atoms with Crippen molar-refractivity contribution in [1.29, 1.82) is 0 Å². The van der Waals surface area contributed by atoms with Crippen LogP contribution in [-0.4, -0.2) is 17.6 Å². The van der Waals surface area contributed by atoms with E-state index in [0.29, 0.717) is 15.7 Å². The zero-order valence-corrected chi connectivity index (χ0v) is 11.2. The van der Waals surface area contributed by atoms with Crippen molar-refractivity contribution in [2.75, 3.05) is 5.01 Å². The molecular formula is C12H9Cl2N3O2. The molecule has 0 fully saturated rings. The minimum absolute atomic E-state index is 0.0137. The summed E-state index contributed by atoms with van der Waals surface area (Å²) in [4.78, 5) is 22.9. The molecule has 1 aromatic rings. The maximum absolute atomic E-state index is 11.8. The Hall–Kier alpha value is -1.85. The van der Waals surface area contributed by atoms with Gasteiger partial charge >= 0.3 is 0 Å². The van der Waals surface area contributed by atoms with Gasteiger partial charge in [-0.2, -0.15) is 10.1 Å². The van der Waals surface area contributed by atoms with Gasteiger partial charge in [0.25, 0.3) is 5.91 Å². The summed E-state index contributed by atoms with van der Waals surface area (Å²) in [5.41, 5.74) is 0.488. The second kappa shape index (κ2) is 5.42. The summed E-state index contributed by atoms with van der Waals surface area (Å²) in [6.07, 6.45) is 1.12. The molecule has 19 heavy (non-hydrogen) atoms. The number of hydrazone groups is 1. The van der Waals surface area contributed by atoms with Crippen LogP contribution in [0.2, 0.25) is 10.0 Å². The molecule has 7 heteroatoms. The zero-order valence-electron chi connectivity index (χ0n) is 9.69. The van der Waals surface area contributed by atoms with E-state index in [1.165, 1.54) is 11.1 Å². The average Bonchev–Trinajstić information content (AvgIpc) is 2.73. The third-order valence-electron chi connectivity index (χ3n) is 2.38. The molecule has 0 spiro atoms. The zero-order chi connectivity index (χ0) is 14.0. The van der Waals surface area contributed by atoms with E-state index in [2.05, 4.69) is 17.0 Å². The Morgan fingerprint density at radius 1 is 1.42 bits per heavy atom. The lowest BCUT2D eigenvalue weighted by molar-refractivity contribution is -0.116. The van der Waals surface area contributed by atoms with Crippen molar-refractivity contribution in [2.24, 2.45) is 5.10 Å². The fourth-order valence-electron chi connectivity index (χ4n) is 1.51. The second-order valence-corrected chi connectivity index (χ2v) is 4.54. The highest BCUT2D eigenvalue weighted by Crippen LogP contribution is 2.28. The van der Waals surface area contributed by atoms with Gasteiger partial charge in [-0.3, -0.25) is 9.59 Å². The molecule has 2 rings (SSSR count). The minimum atomic E-state index is -0.414. The molecule has 5 nitrogen and oxygen atoms in total. The van der Waals surface area contributed by atoms with Crippen molar-refractivity contribution in [3.05, 3.63) is 40.9 Å². The van der Waals surface area contributed by atoms with Crippen LogP contribution in [-0.2, 0) is 9.59 Å². The maximum Gasteiger partial charge on any atom is 0.255 e. The van der Waals surface area contributed by atoms with Crippen LogP contribution < -0.4 is 10.3 Å². The van der Waals surface area contributed by atoms with Crippen LogP contribution in [0.4, 0.5) is 5.69 Å². The van der Waals surface area contributed by atoms with Crippen molar-refractivity contribution in [3.63, 3.8) is 0 Å². The Labute approximate surface area is 119 Å². The van der Waals surface area contributed by atoms with E-state index in [0.717, 1.165) is 6.08 Å². The molecule has 0 unspecified atom stereocenters. The van der Waals surface area contributed by atoms with E-state index >= 15 is 0 Å². The van der Waals surface area contributed by atoms with Gasteiger partial charge in [-0.1, -0.05) is 29.8 Å². The molecule has 0 bridgehead atoms. The van der Waals surface area contributed by atoms with Crippen LogP contribution in [0.3, 0.4) is 0 Å². The Morgan fingerprint density at radius 3 is 2.79 bits per heavy atom. The SMILES string of the molecule is C=CC(=O)NC1=NN(c2ccc(Cl)c(Cl)c2)C(=O)C1. The molecule has 0 atom stereocenters. The van der Waals surface area contributed by atoms with E-state index in [1.807, 2.05) is 0 Å². The predicted molar refractivity (Wildman–Crippen MR) is 74.3 cm³/mol. The van der Waals surface area contributed by atoms with Crippen LogP contribution in [0, 0.1) is 0 Å². The van der Waals surface area contributed by atoms with Crippen LogP contribution in [0.5, 0.6) is 0 Å². The van der Waals surface area contributed by atoms with E-state index in [4.69, 9.17) is 23.2 Å². The van der Waals surface area contributed by atoms with Gasteiger partial charge in [-0.15, -0.1) is 0 Å². The molecule has 1 aliphatic rings. The summed E-state index contributed by atoms with van der Waals surface area (Å²) in [5.74, 6) is -0.415. The quantitative estimate of drug-likeness (QED) is 0.852. The molecule has 0 radical (unpaired) electrons. The number of carbonyl (C=O) groups excluding carboxylic acids is 2. The normalized spacial score (nSPS) is 14.3. The Kier molecular flexibility index (Phi) is 3.87. The molecule has 0 saturated carbocycles. The highest BCUT2D eigenvalue weighted by atomic mass is 35.5. The molecule has 1 heterocycles. The monoisotopic (exact) mass is 297 g/mol. The number of hydrogen-bond acceptors (Lipinski definition) is 3. The fraction of sp³-hybridized carbons (Fsp3) is 0.0833. The number of amides is 2. The van der Waals surface area contributed by atoms with E-state index in [1.54, 1.807) is 12.1 Å². The average molecular weight is 298 g/mol. The Balaban J connectivity index is 2.24. The highest BCUT2D eigenvalue weighted by molar-refractivity contribution is 6.42. The van der Waals surface area contributed by atoms with Crippen molar-refractivity contribution in [2.45, 2.75) is 6.42 Å². The largest absolute Gasteiger partial charge is 0.309 e. The minimum Gasteiger partial charge on any atom is -0.309 e. The first-order valence-electron chi connectivity index (χ1n) is 5.30. The van der Waals surface area contributed by atoms with Crippen LogP contribution >= 0.6 is 23.2 Å². The molecule has 1 aliphatic heterocycles. The second-order valence-electron chi connectivity index (χ2n) is 3.72. The van der Waals surface area contributed by atoms with Crippen molar-refractivity contribution in [3.8, 4) is 0 Å². The summed E-state index contributed by atoms with van der Waals surface area (Å²) in [7, 11) is 0. The Bertz CT molecular complexity index is 599. The Morgan fingerprint density at radius 2 is 2.16 bits per heavy atom. The van der Waals surface area contributed by atoms with Crippen LogP contribution in [0.25, 0.3) is 0 Å². The third-order valence-corrected chi connectivity index (χ3v) is 3.12. The number of hydrogen-bond donors (Lipinski definition) is 1. The molecule has 98 valence electrons. The van der Waals surface area contributed by atoms with E-state index in [9.17, 15) is 9.59 Å². The lowest BCUT2D eigenvalue weighted by Crippen LogP contribution is -2.27. The first-order chi connectivity index (χ1) is 9.01. The number of nitrogens with one attached hydrogen (secondary N) is 1. The molecule has 0 aromatic heterocycles. The number of benzene rings is 1. The summed E-state index contributed by atoms with van der Waals surface area (Å²) in [5, 5.41) is 8.36. The summed E-state index contributed by atoms with van der Waals surface area (Å²) >= 11 is 11.7. The van der Waals surface area contributed by atoms with Crippen molar-refractivity contribution < 1.29 is 9.59 Å². The van der Waals surface area contributed by atoms with Gasteiger partial charge in [0.05, 0.1) is 22.2 Å². The van der Waals surface area contributed by atoms with Gasteiger partial charge in [0.2, 0.25) is 5.91 Å². The smallest absolute Gasteiger partial charge is 0.255 e. The van der Waals surface area contributed by atoms with Crippen LogP contribution in [0.1, 0.15) is 6.42 Å². The summed E-state index contributed by atoms with van der Waals surface area (Å²) < 4.78 is 0. The van der Waals surface area contributed by atoms with Crippen LogP contribution in [0.15, 0.2) is 36.0 Å². The van der Waals surface area contributed by atoms with E-state index in [-0.39, 0.29) is 18.2 Å².